The van der Waals surface area contributed by atoms with Gasteiger partial charge in [0, 0.05) is 87.0 Å². The van der Waals surface area contributed by atoms with E-state index >= 15 is 0 Å². The van der Waals surface area contributed by atoms with Crippen molar-refractivity contribution >= 4 is 23.5 Å². The van der Waals surface area contributed by atoms with Crippen molar-refractivity contribution in [1.29, 1.82) is 0 Å². The fraction of sp³-hybridized carbons (Fsp3) is 0.500. The first kappa shape index (κ1) is 43.9. The Morgan fingerprint density at radius 1 is 0.529 bits per heavy atom. The lowest BCUT2D eigenvalue weighted by Crippen LogP contribution is -2.48. The van der Waals surface area contributed by atoms with Gasteiger partial charge < -0.3 is 29.9 Å². The van der Waals surface area contributed by atoms with Crippen LogP contribution in [0.5, 0.6) is 11.5 Å². The minimum atomic E-state index is -0.711. The molecule has 20 heteroatoms. The summed E-state index contributed by atoms with van der Waals surface area (Å²) >= 11 is 0. The van der Waals surface area contributed by atoms with Gasteiger partial charge in [-0.1, -0.05) is 0 Å². The summed E-state index contributed by atoms with van der Waals surface area (Å²) in [5, 5.41) is 16.6. The van der Waals surface area contributed by atoms with Crippen LogP contribution in [-0.4, -0.2) is 87.7 Å². The topological polar surface area (TPSA) is 162 Å². The molecule has 0 radical (unpaired) electrons. The number of benzene rings is 2. The molecule has 4 bridgehead atoms. The summed E-state index contributed by atoms with van der Waals surface area (Å²) in [5.74, 6) is 3.85. The molecule has 8 heterocycles. The van der Waals surface area contributed by atoms with Crippen molar-refractivity contribution in [1.82, 2.24) is 49.5 Å². The van der Waals surface area contributed by atoms with Gasteiger partial charge in [0.2, 0.25) is 11.9 Å². The van der Waals surface area contributed by atoms with E-state index in [4.69, 9.17) is 19.4 Å². The van der Waals surface area contributed by atoms with E-state index in [-0.39, 0.29) is 11.5 Å². The molecule has 4 fully saturated rings. The average molecular weight is 935 g/mol. The van der Waals surface area contributed by atoms with E-state index in [1.807, 2.05) is 35.3 Å². The molecule has 4 aliphatic heterocycles. The number of aromatic nitrogens is 10. The normalized spacial score (nSPS) is 25.8. The molecule has 2 aromatic carbocycles. The molecule has 6 aliphatic rings. The van der Waals surface area contributed by atoms with Crippen molar-refractivity contribution in [2.24, 2.45) is 23.7 Å². The zero-order chi connectivity index (χ0) is 46.5. The molecule has 2 N–H and O–H groups in total. The highest BCUT2D eigenvalue weighted by Gasteiger charge is 2.45. The Balaban J connectivity index is 0.000000149. The summed E-state index contributed by atoms with van der Waals surface area (Å²) < 4.78 is 70.2. The summed E-state index contributed by atoms with van der Waals surface area (Å²) in [4.78, 5) is 31.6. The van der Waals surface area contributed by atoms with Crippen molar-refractivity contribution in [2.75, 3.05) is 46.6 Å². The minimum Gasteiger partial charge on any atom is -0.479 e. The number of anilines is 4. The molecule has 4 aromatic heterocycles. The van der Waals surface area contributed by atoms with Gasteiger partial charge in [-0.05, 0) is 113 Å². The molecular formula is C48H54F4N14O2. The number of rotatable bonds is 10. The number of hydrogen-bond donors (Lipinski definition) is 2. The minimum absolute atomic E-state index is 0.0303. The van der Waals surface area contributed by atoms with E-state index in [9.17, 15) is 17.6 Å². The van der Waals surface area contributed by atoms with Crippen LogP contribution in [0.4, 0.5) is 41.1 Å². The van der Waals surface area contributed by atoms with Crippen LogP contribution in [0, 0.1) is 60.8 Å². The van der Waals surface area contributed by atoms with Crippen LogP contribution >= 0.6 is 0 Å². The van der Waals surface area contributed by atoms with Gasteiger partial charge in [-0.25, -0.2) is 46.9 Å². The SMILES string of the molecule is Cc1cc(N2C[C@H]3CC[C@@H](C2)C3Nc2nc3n(n2)CCC[C@@H]3Oc2ccc(F)cc2F)ncn1.Cc1cc(N2C[C@H]3CC[C@@H](C2)C3Nc2nc3n(n2)CCC[C@H]3Oc2ccc(F)cc2F)ncn1. The third kappa shape index (κ3) is 9.08. The monoisotopic (exact) mass is 934 g/mol. The van der Waals surface area contributed by atoms with E-state index in [0.29, 0.717) is 72.1 Å². The highest BCUT2D eigenvalue weighted by atomic mass is 19.1. The standard InChI is InChI=1S/2C24H27F2N7O/c2*1-14-9-21(28-13-27-14)32-11-15-4-5-16(12-32)22(15)29-24-30-23-20(3-2-8-33(23)31-24)34-19-7-6-17(25)10-18(19)26/h2*6-7,9-10,13,15-16,20,22H,2-5,8,11-12H2,1H3,(H,29,31)/t2*15-,16+,20-,22?/m10/s1. The first-order valence-electron chi connectivity index (χ1n) is 23.8. The van der Waals surface area contributed by atoms with Crippen molar-refractivity contribution in [2.45, 2.75) is 103 Å². The van der Waals surface area contributed by atoms with Crippen LogP contribution in [0.15, 0.2) is 61.2 Å². The van der Waals surface area contributed by atoms with Gasteiger partial charge in [0.1, 0.15) is 35.9 Å². The molecule has 68 heavy (non-hydrogen) atoms. The van der Waals surface area contributed by atoms with E-state index in [1.54, 1.807) is 12.7 Å². The lowest BCUT2D eigenvalue weighted by molar-refractivity contribution is 0.149. The molecule has 8 atom stereocenters. The van der Waals surface area contributed by atoms with Gasteiger partial charge in [-0.3, -0.25) is 0 Å². The second-order valence-electron chi connectivity index (χ2n) is 19.1. The lowest BCUT2D eigenvalue weighted by atomic mass is 9.92. The average Bonchev–Trinajstić information content (AvgIpc) is 4.05. The molecular weight excluding hydrogens is 881 g/mol. The van der Waals surface area contributed by atoms with E-state index < -0.39 is 35.5 Å². The smallest absolute Gasteiger partial charge is 0.242 e. The zero-order valence-corrected chi connectivity index (χ0v) is 38.0. The summed E-state index contributed by atoms with van der Waals surface area (Å²) in [5.41, 5.74) is 1.95. The van der Waals surface area contributed by atoms with Crippen molar-refractivity contribution in [3.63, 3.8) is 0 Å². The summed E-state index contributed by atoms with van der Waals surface area (Å²) in [7, 11) is 0. The maximum atomic E-state index is 14.1. The molecule has 0 amide bonds. The molecule has 2 unspecified atom stereocenters. The number of ether oxygens (including phenoxy) is 2. The van der Waals surface area contributed by atoms with Gasteiger partial charge in [-0.2, -0.15) is 9.97 Å². The van der Waals surface area contributed by atoms with E-state index in [1.165, 1.54) is 24.3 Å². The lowest BCUT2D eigenvalue weighted by Gasteiger charge is -2.38. The molecule has 12 rings (SSSR count). The fourth-order valence-electron chi connectivity index (χ4n) is 11.2. The van der Waals surface area contributed by atoms with Crippen molar-refractivity contribution in [3.8, 4) is 11.5 Å². The predicted octanol–water partition coefficient (Wildman–Crippen LogP) is 7.79. The van der Waals surface area contributed by atoms with Crippen LogP contribution in [-0.2, 0) is 13.1 Å². The Morgan fingerprint density at radius 2 is 0.941 bits per heavy atom. The maximum Gasteiger partial charge on any atom is 0.242 e. The second-order valence-corrected chi connectivity index (χ2v) is 19.1. The number of halogens is 4. The first-order chi connectivity index (χ1) is 33.1. The number of aryl methyl sites for hydroxylation is 4. The molecule has 2 aliphatic carbocycles. The van der Waals surface area contributed by atoms with Crippen LogP contribution in [0.2, 0.25) is 0 Å². The summed E-state index contributed by atoms with van der Waals surface area (Å²) in [6, 6.07) is 11.4. The predicted molar refractivity (Wildman–Crippen MR) is 243 cm³/mol. The second kappa shape index (κ2) is 18.5. The number of nitrogens with one attached hydrogen (secondary N) is 2. The Morgan fingerprint density at radius 3 is 1.32 bits per heavy atom. The molecule has 6 aromatic rings. The van der Waals surface area contributed by atoms with Crippen molar-refractivity contribution in [3.05, 3.63) is 107 Å². The van der Waals surface area contributed by atoms with Gasteiger partial charge in [0.25, 0.3) is 0 Å². The van der Waals surface area contributed by atoms with E-state index in [2.05, 4.69) is 50.6 Å². The molecule has 2 saturated heterocycles. The van der Waals surface area contributed by atoms with Crippen molar-refractivity contribution < 1.29 is 27.0 Å². The Labute approximate surface area is 390 Å². The van der Waals surface area contributed by atoms with Crippen LogP contribution < -0.4 is 29.9 Å². The molecule has 2 saturated carbocycles. The fourth-order valence-corrected chi connectivity index (χ4v) is 11.2. The maximum absolute atomic E-state index is 14.1. The first-order valence-corrected chi connectivity index (χ1v) is 23.8. The molecule has 356 valence electrons. The summed E-state index contributed by atoms with van der Waals surface area (Å²) in [6.45, 7) is 9.22. The van der Waals surface area contributed by atoms with Gasteiger partial charge in [0.05, 0.1) is 0 Å². The largest absolute Gasteiger partial charge is 0.479 e. The number of nitrogens with zero attached hydrogens (tertiary/aromatic N) is 12. The van der Waals surface area contributed by atoms with Gasteiger partial charge in [0.15, 0.2) is 47.0 Å². The van der Waals surface area contributed by atoms with Crippen LogP contribution in [0.1, 0.15) is 86.6 Å². The van der Waals surface area contributed by atoms with Gasteiger partial charge >= 0.3 is 0 Å². The Bertz CT molecular complexity index is 2560. The Hall–Kier alpha value is -6.60. The van der Waals surface area contributed by atoms with Crippen LogP contribution in [0.25, 0.3) is 0 Å². The molecule has 0 spiro atoms. The summed E-state index contributed by atoms with van der Waals surface area (Å²) in [6.07, 6.45) is 10.2. The van der Waals surface area contributed by atoms with E-state index in [0.717, 1.165) is 113 Å². The molecule has 16 nitrogen and oxygen atoms in total. The third-order valence-corrected chi connectivity index (χ3v) is 14.5. The zero-order valence-electron chi connectivity index (χ0n) is 38.0. The van der Waals surface area contributed by atoms with Crippen LogP contribution in [0.3, 0.4) is 0 Å². The highest BCUT2D eigenvalue weighted by Crippen LogP contribution is 2.42. The number of hydrogen-bond acceptors (Lipinski definition) is 14. The highest BCUT2D eigenvalue weighted by molar-refractivity contribution is 5.43. The quantitative estimate of drug-likeness (QED) is 0.128. The number of fused-ring (bicyclic) bond motifs is 6. The Kier molecular flexibility index (Phi) is 11.9. The third-order valence-electron chi connectivity index (χ3n) is 14.5. The number of piperidine rings is 2. The van der Waals surface area contributed by atoms with Gasteiger partial charge in [-0.15, -0.1) is 10.2 Å².